The minimum absolute atomic E-state index is 0.411. The summed E-state index contributed by atoms with van der Waals surface area (Å²) in [6.07, 6.45) is 0. The van der Waals surface area contributed by atoms with Crippen molar-refractivity contribution in [3.8, 4) is 135 Å². The van der Waals surface area contributed by atoms with Gasteiger partial charge in [-0.05, 0) is 144 Å². The summed E-state index contributed by atoms with van der Waals surface area (Å²) in [6.45, 7) is 6.91. The molecule has 0 atom stereocenters. The van der Waals surface area contributed by atoms with Crippen LogP contribution in [0.5, 0.6) is 46.0 Å². The first-order chi connectivity index (χ1) is 55.1. The number of ether oxygens (including phenoxy) is 4. The lowest BCUT2D eigenvalue weighted by Gasteiger charge is -2.35. The van der Waals surface area contributed by atoms with Crippen LogP contribution in [0.15, 0.2) is 431 Å². The van der Waals surface area contributed by atoms with Crippen molar-refractivity contribution >= 4 is 34.1 Å². The van der Waals surface area contributed by atoms with Crippen molar-refractivity contribution in [2.45, 2.75) is 26.2 Å². The second kappa shape index (κ2) is 32.2. The maximum absolute atomic E-state index is 7.49. The Bertz CT molecular complexity index is 5820. The SMILES string of the molecule is CC(C)(C)c1cc(N(c2ccc(-c3ccccc3)cc2)c2c(-c3ccccc3)cccc2-c2ccccc2)cc(N(c2cc(Oc3cc(Oc4ccc(-c5ccccc5)cc4)cc(Oc4ccc(-c5ccccc5)cc4)c3)cc(Oc3cccc(-c4ccccc4)c3)c2)c2c(-c3ccccc3)cccc2-c2ccccc2)c1. The molecule has 0 amide bonds. The van der Waals surface area contributed by atoms with Gasteiger partial charge in [-0.15, -0.1) is 0 Å². The molecule has 17 aromatic carbocycles. The molecule has 0 spiro atoms. The number of hydrogen-bond donors (Lipinski definition) is 0. The fourth-order valence-corrected chi connectivity index (χ4v) is 14.6. The normalized spacial score (nSPS) is 11.2. The van der Waals surface area contributed by atoms with Gasteiger partial charge < -0.3 is 28.7 Å². The average molecular weight is 1450 g/mol. The molecule has 0 aliphatic heterocycles. The highest BCUT2D eigenvalue weighted by atomic mass is 16.5. The number of hydrogen-bond acceptors (Lipinski definition) is 6. The summed E-state index contributed by atoms with van der Waals surface area (Å²) in [5.74, 6) is 4.42. The van der Waals surface area contributed by atoms with Crippen LogP contribution in [0.4, 0.5) is 34.1 Å². The van der Waals surface area contributed by atoms with Crippen molar-refractivity contribution in [2.24, 2.45) is 0 Å². The van der Waals surface area contributed by atoms with E-state index in [-0.39, 0.29) is 0 Å². The van der Waals surface area contributed by atoms with Gasteiger partial charge in [-0.3, -0.25) is 0 Å². The zero-order chi connectivity index (χ0) is 75.6. The van der Waals surface area contributed by atoms with E-state index in [9.17, 15) is 0 Å². The Morgan fingerprint density at radius 2 is 0.420 bits per heavy atom. The van der Waals surface area contributed by atoms with Gasteiger partial charge in [0.05, 0.1) is 17.1 Å². The molecule has 0 saturated carbocycles. The molecule has 0 aliphatic rings. The van der Waals surface area contributed by atoms with Gasteiger partial charge in [-0.2, -0.15) is 0 Å². The quantitative estimate of drug-likeness (QED) is 0.0674. The molecule has 6 heteroatoms. The van der Waals surface area contributed by atoms with E-state index < -0.39 is 5.41 Å². The molecule has 0 unspecified atom stereocenters. The van der Waals surface area contributed by atoms with E-state index in [1.54, 1.807) is 0 Å². The van der Waals surface area contributed by atoms with Gasteiger partial charge in [-0.1, -0.05) is 348 Å². The molecule has 6 nitrogen and oxygen atoms in total. The maximum atomic E-state index is 7.49. The third-order valence-electron chi connectivity index (χ3n) is 20.2. The van der Waals surface area contributed by atoms with Crippen molar-refractivity contribution in [3.05, 3.63) is 436 Å². The fourth-order valence-electron chi connectivity index (χ4n) is 14.6. The Balaban J connectivity index is 0.909. The Kier molecular flexibility index (Phi) is 20.2. The van der Waals surface area contributed by atoms with E-state index in [0.29, 0.717) is 46.0 Å². The average Bonchev–Trinajstić information content (AvgIpc) is 0.743. The van der Waals surface area contributed by atoms with Crippen molar-refractivity contribution in [2.75, 3.05) is 9.80 Å². The second-order valence-corrected chi connectivity index (χ2v) is 28.8. The predicted octanol–water partition coefficient (Wildman–Crippen LogP) is 30.4. The van der Waals surface area contributed by atoms with Crippen LogP contribution in [0.3, 0.4) is 0 Å². The van der Waals surface area contributed by atoms with E-state index in [2.05, 4.69) is 382 Å². The van der Waals surface area contributed by atoms with Crippen molar-refractivity contribution in [1.82, 2.24) is 0 Å². The smallest absolute Gasteiger partial charge is 0.134 e. The summed E-state index contributed by atoms with van der Waals surface area (Å²) in [7, 11) is 0. The fraction of sp³-hybridized carbons (Fsp3) is 0.0377. The van der Waals surface area contributed by atoms with E-state index in [1.165, 1.54) is 0 Å². The molecule has 0 radical (unpaired) electrons. The molecular weight excluding hydrogens is 1370 g/mol. The molecule has 0 heterocycles. The standard InChI is InChI=1S/C106H80N2O4/c1-106(2,3)87-66-89(107(88-59-53-79(54-60-88)75-31-12-4-13-32-75)104-100(82-39-20-8-21-40-82)49-29-50-101(104)83-41-22-9-23-42-83)68-90(67-87)108(105-102(84-43-24-10-25-44-84)51-30-52-103(105)85-45-26-11-27-46-85)91-69-95(111-94-48-28-47-86(65-94)78-37-18-7-19-38-78)71-96(70-91)112-99-73-97(109-92-61-55-80(56-62-92)76-33-14-5-15-34-76)72-98(74-99)110-93-63-57-81(58-64-93)77-35-16-6-17-36-77/h4-74H,1-3H3. The second-order valence-electron chi connectivity index (χ2n) is 28.8. The molecular formula is C106H80N2O4. The molecule has 112 heavy (non-hydrogen) atoms. The molecule has 17 rings (SSSR count). The van der Waals surface area contributed by atoms with Crippen molar-refractivity contribution in [3.63, 3.8) is 0 Å². The van der Waals surface area contributed by atoms with Crippen LogP contribution < -0.4 is 28.7 Å². The molecule has 0 bridgehead atoms. The lowest BCUT2D eigenvalue weighted by Crippen LogP contribution is -2.19. The van der Waals surface area contributed by atoms with Gasteiger partial charge in [0, 0.05) is 75.7 Å². The summed E-state index contributed by atoms with van der Waals surface area (Å²) in [5, 5.41) is 0. The van der Waals surface area contributed by atoms with Gasteiger partial charge in [-0.25, -0.2) is 0 Å². The lowest BCUT2D eigenvalue weighted by atomic mass is 9.85. The molecule has 0 saturated heterocycles. The maximum Gasteiger partial charge on any atom is 0.134 e. The number of benzene rings is 17. The van der Waals surface area contributed by atoms with Crippen LogP contribution in [0.1, 0.15) is 26.3 Å². The first-order valence-corrected chi connectivity index (χ1v) is 38.0. The van der Waals surface area contributed by atoms with Crippen LogP contribution >= 0.6 is 0 Å². The highest BCUT2D eigenvalue weighted by molar-refractivity contribution is 6.01. The zero-order valence-corrected chi connectivity index (χ0v) is 62.5. The van der Waals surface area contributed by atoms with Gasteiger partial charge >= 0.3 is 0 Å². The first-order valence-electron chi connectivity index (χ1n) is 38.0. The molecule has 538 valence electrons. The third-order valence-corrected chi connectivity index (χ3v) is 20.2. The molecule has 17 aromatic rings. The van der Waals surface area contributed by atoms with Crippen LogP contribution in [0, 0.1) is 0 Å². The highest BCUT2D eigenvalue weighted by Gasteiger charge is 2.30. The van der Waals surface area contributed by atoms with E-state index in [4.69, 9.17) is 18.9 Å². The first kappa shape index (κ1) is 70.5. The summed E-state index contributed by atoms with van der Waals surface area (Å²) >= 11 is 0. The minimum Gasteiger partial charge on any atom is -0.457 e. The van der Waals surface area contributed by atoms with Crippen LogP contribution in [-0.4, -0.2) is 0 Å². The molecule has 0 fully saturated rings. The third kappa shape index (κ3) is 15.9. The van der Waals surface area contributed by atoms with Gasteiger partial charge in [0.1, 0.15) is 46.0 Å². The Morgan fingerprint density at radius 1 is 0.170 bits per heavy atom. The predicted molar refractivity (Wildman–Crippen MR) is 464 cm³/mol. The zero-order valence-electron chi connectivity index (χ0n) is 62.5. The lowest BCUT2D eigenvalue weighted by molar-refractivity contribution is 0.436. The summed E-state index contributed by atoms with van der Waals surface area (Å²) < 4.78 is 28.6. The van der Waals surface area contributed by atoms with Crippen LogP contribution in [0.2, 0.25) is 0 Å². The Hall–Kier alpha value is -14.5. The number of rotatable bonds is 22. The minimum atomic E-state index is -0.411. The summed E-state index contributed by atoms with van der Waals surface area (Å²) in [6, 6.07) is 151. The Labute approximate surface area is 656 Å². The summed E-state index contributed by atoms with van der Waals surface area (Å²) in [5.41, 5.74) is 23.3. The number of anilines is 6. The monoisotopic (exact) mass is 1440 g/mol. The van der Waals surface area contributed by atoms with Gasteiger partial charge in [0.25, 0.3) is 0 Å². The number of para-hydroxylation sites is 2. The summed E-state index contributed by atoms with van der Waals surface area (Å²) in [4.78, 5) is 4.91. The van der Waals surface area contributed by atoms with Gasteiger partial charge in [0.15, 0.2) is 0 Å². The molecule has 0 aliphatic carbocycles. The molecule has 0 aromatic heterocycles. The van der Waals surface area contributed by atoms with Gasteiger partial charge in [0.2, 0.25) is 0 Å². The highest BCUT2D eigenvalue weighted by Crippen LogP contribution is 2.54. The van der Waals surface area contributed by atoms with E-state index in [1.807, 2.05) is 78.9 Å². The van der Waals surface area contributed by atoms with Crippen molar-refractivity contribution in [1.29, 1.82) is 0 Å². The largest absolute Gasteiger partial charge is 0.457 e. The van der Waals surface area contributed by atoms with E-state index >= 15 is 0 Å². The topological polar surface area (TPSA) is 43.4 Å². The Morgan fingerprint density at radius 3 is 0.759 bits per heavy atom. The van der Waals surface area contributed by atoms with Crippen molar-refractivity contribution < 1.29 is 18.9 Å². The van der Waals surface area contributed by atoms with Crippen LogP contribution in [0.25, 0.3) is 89.0 Å². The molecule has 0 N–H and O–H groups in total. The number of nitrogens with zero attached hydrogens (tertiary/aromatic N) is 2. The van der Waals surface area contributed by atoms with E-state index in [0.717, 1.165) is 129 Å². The van der Waals surface area contributed by atoms with Crippen LogP contribution in [-0.2, 0) is 5.41 Å².